The van der Waals surface area contributed by atoms with Gasteiger partial charge in [0, 0.05) is 6.07 Å². The molecule has 23 heavy (non-hydrogen) atoms. The second-order valence-electron chi connectivity index (χ2n) is 4.41. The maximum Gasteiger partial charge on any atom is 0.238 e. The molecular formula is C13H13F2N3O3S2. The van der Waals surface area contributed by atoms with Gasteiger partial charge in [-0.3, -0.25) is 4.72 Å². The Labute approximate surface area is 136 Å². The zero-order chi connectivity index (χ0) is 17.0. The number of nitrogens with zero attached hydrogens (tertiary/aromatic N) is 2. The molecular weight excluding hydrogens is 348 g/mol. The number of thioether (sulfide) groups is 1. The number of benzene rings is 1. The van der Waals surface area contributed by atoms with Crippen LogP contribution in [-0.4, -0.2) is 32.0 Å². The maximum absolute atomic E-state index is 13.1. The van der Waals surface area contributed by atoms with E-state index < -0.39 is 27.4 Å². The van der Waals surface area contributed by atoms with Crippen LogP contribution < -0.4 is 9.46 Å². The number of ether oxygens (including phenoxy) is 1. The first-order chi connectivity index (χ1) is 10.8. The van der Waals surface area contributed by atoms with Crippen molar-refractivity contribution in [2.24, 2.45) is 0 Å². The molecule has 0 saturated heterocycles. The van der Waals surface area contributed by atoms with Crippen LogP contribution in [0.5, 0.6) is 5.75 Å². The number of halogens is 2. The highest BCUT2D eigenvalue weighted by Gasteiger charge is 2.17. The number of nitrogens with one attached hydrogen (secondary N) is 1. The summed E-state index contributed by atoms with van der Waals surface area (Å²) in [5.74, 6) is -2.57. The van der Waals surface area contributed by atoms with Crippen molar-refractivity contribution in [1.82, 2.24) is 10.2 Å². The first-order valence-corrected chi connectivity index (χ1v) is 9.12. The smallest absolute Gasteiger partial charge is 0.238 e. The Morgan fingerprint density at radius 2 is 1.96 bits per heavy atom. The van der Waals surface area contributed by atoms with Crippen molar-refractivity contribution in [2.75, 3.05) is 18.1 Å². The number of methoxy groups -OCH3 is 1. The molecule has 0 amide bonds. The Balaban J connectivity index is 2.22. The standard InChI is InChI=1S/C13H13F2N3O3S2/c1-21-11-6-12(22-2)16-17-13(11)18-23(19,20)7-8-3-4-9(14)10(15)5-8/h3-6H,7H2,1-2H3,(H,17,18). The van der Waals surface area contributed by atoms with Crippen LogP contribution >= 0.6 is 11.8 Å². The van der Waals surface area contributed by atoms with E-state index in [2.05, 4.69) is 14.9 Å². The highest BCUT2D eigenvalue weighted by molar-refractivity contribution is 7.98. The lowest BCUT2D eigenvalue weighted by Gasteiger charge is -2.11. The van der Waals surface area contributed by atoms with Crippen LogP contribution in [0.1, 0.15) is 5.56 Å². The Hall–Kier alpha value is -1.94. The summed E-state index contributed by atoms with van der Waals surface area (Å²) in [5, 5.41) is 8.14. The van der Waals surface area contributed by atoms with E-state index in [-0.39, 0.29) is 17.1 Å². The monoisotopic (exact) mass is 361 g/mol. The molecule has 0 bridgehead atoms. The normalized spacial score (nSPS) is 11.3. The molecule has 0 fully saturated rings. The van der Waals surface area contributed by atoms with E-state index >= 15 is 0 Å². The summed E-state index contributed by atoms with van der Waals surface area (Å²) in [4.78, 5) is 0. The van der Waals surface area contributed by atoms with Crippen molar-refractivity contribution >= 4 is 27.6 Å². The van der Waals surface area contributed by atoms with Gasteiger partial charge in [-0.15, -0.1) is 22.0 Å². The summed E-state index contributed by atoms with van der Waals surface area (Å²) in [6.45, 7) is 0. The maximum atomic E-state index is 13.1. The van der Waals surface area contributed by atoms with Gasteiger partial charge < -0.3 is 4.74 Å². The first kappa shape index (κ1) is 17.4. The molecule has 2 rings (SSSR count). The summed E-state index contributed by atoms with van der Waals surface area (Å²) in [5.41, 5.74) is 0.101. The SMILES string of the molecule is COc1cc(SC)nnc1NS(=O)(=O)Cc1ccc(F)c(F)c1. The number of anilines is 1. The fraction of sp³-hybridized carbons (Fsp3) is 0.231. The van der Waals surface area contributed by atoms with E-state index in [1.54, 1.807) is 6.26 Å². The molecule has 0 saturated carbocycles. The molecule has 1 N–H and O–H groups in total. The third-order valence-corrected chi connectivity index (χ3v) is 4.59. The fourth-order valence-corrected chi connectivity index (χ4v) is 3.19. The van der Waals surface area contributed by atoms with Crippen LogP contribution in [0.25, 0.3) is 0 Å². The number of hydrogen-bond donors (Lipinski definition) is 1. The van der Waals surface area contributed by atoms with Crippen molar-refractivity contribution in [1.29, 1.82) is 0 Å². The fourth-order valence-electron chi connectivity index (χ4n) is 1.72. The van der Waals surface area contributed by atoms with Crippen LogP contribution in [0, 0.1) is 11.6 Å². The lowest BCUT2D eigenvalue weighted by Crippen LogP contribution is -2.17. The van der Waals surface area contributed by atoms with E-state index in [1.165, 1.54) is 31.0 Å². The van der Waals surface area contributed by atoms with Crippen LogP contribution in [0.15, 0.2) is 29.3 Å². The number of hydrogen-bond acceptors (Lipinski definition) is 6. The average molecular weight is 361 g/mol. The van der Waals surface area contributed by atoms with Crippen molar-refractivity contribution in [3.8, 4) is 5.75 Å². The molecule has 0 radical (unpaired) electrons. The highest BCUT2D eigenvalue weighted by Crippen LogP contribution is 2.26. The number of aromatic nitrogens is 2. The van der Waals surface area contributed by atoms with Crippen LogP contribution in [0.3, 0.4) is 0 Å². The van der Waals surface area contributed by atoms with Crippen molar-refractivity contribution in [3.05, 3.63) is 41.5 Å². The van der Waals surface area contributed by atoms with E-state index in [9.17, 15) is 17.2 Å². The van der Waals surface area contributed by atoms with E-state index in [0.717, 1.165) is 12.1 Å². The Bertz CT molecular complexity index is 816. The van der Waals surface area contributed by atoms with Crippen molar-refractivity contribution in [2.45, 2.75) is 10.8 Å². The molecule has 0 aliphatic rings. The zero-order valence-electron chi connectivity index (χ0n) is 12.2. The topological polar surface area (TPSA) is 81.2 Å². The van der Waals surface area contributed by atoms with Gasteiger partial charge in [-0.2, -0.15) is 0 Å². The van der Waals surface area contributed by atoms with Crippen molar-refractivity contribution in [3.63, 3.8) is 0 Å². The second kappa shape index (κ2) is 7.09. The Morgan fingerprint density at radius 1 is 1.22 bits per heavy atom. The minimum Gasteiger partial charge on any atom is -0.493 e. The predicted octanol–water partition coefficient (Wildman–Crippen LogP) is 2.43. The minimum absolute atomic E-state index is 0.0760. The minimum atomic E-state index is -3.90. The summed E-state index contributed by atoms with van der Waals surface area (Å²) in [6.07, 6.45) is 1.79. The summed E-state index contributed by atoms with van der Waals surface area (Å²) in [6, 6.07) is 4.42. The zero-order valence-corrected chi connectivity index (χ0v) is 13.8. The van der Waals surface area contributed by atoms with Gasteiger partial charge in [0.1, 0.15) is 5.03 Å². The number of rotatable bonds is 6. The quantitative estimate of drug-likeness (QED) is 0.796. The summed E-state index contributed by atoms with van der Waals surface area (Å²) < 4.78 is 57.6. The highest BCUT2D eigenvalue weighted by atomic mass is 32.2. The summed E-state index contributed by atoms with van der Waals surface area (Å²) >= 11 is 1.32. The van der Waals surface area contributed by atoms with Crippen LogP contribution in [0.4, 0.5) is 14.6 Å². The van der Waals surface area contributed by atoms with Gasteiger partial charge in [-0.25, -0.2) is 17.2 Å². The van der Waals surface area contributed by atoms with Gasteiger partial charge in [-0.1, -0.05) is 6.07 Å². The van der Waals surface area contributed by atoms with Gasteiger partial charge in [0.2, 0.25) is 15.8 Å². The first-order valence-electron chi connectivity index (χ1n) is 6.24. The van der Waals surface area contributed by atoms with Gasteiger partial charge in [0.25, 0.3) is 0 Å². The van der Waals surface area contributed by atoms with E-state index in [4.69, 9.17) is 4.74 Å². The largest absolute Gasteiger partial charge is 0.493 e. The molecule has 0 aliphatic carbocycles. The average Bonchev–Trinajstić information content (AvgIpc) is 2.50. The number of sulfonamides is 1. The molecule has 0 unspecified atom stereocenters. The lowest BCUT2D eigenvalue weighted by molar-refractivity contribution is 0.412. The third kappa shape index (κ3) is 4.52. The van der Waals surface area contributed by atoms with E-state index in [1.807, 2.05) is 0 Å². The molecule has 1 heterocycles. The van der Waals surface area contributed by atoms with Crippen LogP contribution in [-0.2, 0) is 15.8 Å². The van der Waals surface area contributed by atoms with Gasteiger partial charge in [0.15, 0.2) is 17.4 Å². The third-order valence-electron chi connectivity index (χ3n) is 2.76. The molecule has 1 aromatic heterocycles. The summed E-state index contributed by atoms with van der Waals surface area (Å²) in [7, 11) is -2.53. The predicted molar refractivity (Wildman–Crippen MR) is 83.0 cm³/mol. The molecule has 6 nitrogen and oxygen atoms in total. The Morgan fingerprint density at radius 3 is 2.57 bits per heavy atom. The molecule has 0 atom stereocenters. The van der Waals surface area contributed by atoms with Crippen molar-refractivity contribution < 1.29 is 21.9 Å². The van der Waals surface area contributed by atoms with Gasteiger partial charge in [-0.05, 0) is 24.0 Å². The van der Waals surface area contributed by atoms with Gasteiger partial charge >= 0.3 is 0 Å². The van der Waals surface area contributed by atoms with Crippen LogP contribution in [0.2, 0.25) is 0 Å². The second-order valence-corrected chi connectivity index (χ2v) is 6.96. The Kier molecular flexibility index (Phi) is 5.37. The molecule has 124 valence electrons. The molecule has 1 aromatic carbocycles. The van der Waals surface area contributed by atoms with E-state index in [0.29, 0.717) is 5.03 Å². The molecule has 0 aliphatic heterocycles. The molecule has 2 aromatic rings. The lowest BCUT2D eigenvalue weighted by atomic mass is 10.2. The molecule has 10 heteroatoms. The molecule has 0 spiro atoms. The van der Waals surface area contributed by atoms with Gasteiger partial charge in [0.05, 0.1) is 12.9 Å².